The quantitative estimate of drug-likeness (QED) is 0.107. The Morgan fingerprint density at radius 3 is 2.27 bits per heavy atom. The minimum atomic E-state index is -0.777. The second kappa shape index (κ2) is 20.6. The summed E-state index contributed by atoms with van der Waals surface area (Å²) >= 11 is 0. The highest BCUT2D eigenvalue weighted by Crippen LogP contribution is 2.52. The zero-order valence-corrected chi connectivity index (χ0v) is 46.0. The van der Waals surface area contributed by atoms with Gasteiger partial charge in [-0.15, -0.1) is 0 Å². The molecule has 6 aromatic rings. The molecule has 4 saturated heterocycles. The number of aromatic nitrogens is 5. The van der Waals surface area contributed by atoms with Gasteiger partial charge in [-0.2, -0.15) is 0 Å². The summed E-state index contributed by atoms with van der Waals surface area (Å²) in [7, 11) is 1.69. The van der Waals surface area contributed by atoms with Crippen molar-refractivity contribution < 1.29 is 28.4 Å². The Bertz CT molecular complexity index is 3520. The topological polar surface area (TPSA) is 192 Å². The van der Waals surface area contributed by atoms with Crippen LogP contribution in [0.2, 0.25) is 0 Å². The zero-order chi connectivity index (χ0) is 55.1. The third kappa shape index (κ3) is 8.94. The van der Waals surface area contributed by atoms with E-state index in [1.807, 2.05) is 38.6 Å². The summed E-state index contributed by atoms with van der Waals surface area (Å²) in [5.74, 6) is -0.862. The first-order valence-corrected chi connectivity index (χ1v) is 29.2. The van der Waals surface area contributed by atoms with Gasteiger partial charge in [-0.3, -0.25) is 38.4 Å². The SMILES string of the molecule is CC(C)n1cnc2cc(-c3ccc4c(c3)N([C@H]3C[C@@H](N5CCCCC5)C3)C(=O)C43CCN(C(=O)[C@H]4CCN(C(=O)[C@H]5CC[C@H](Nc6cccc7c6n(C)c(=O)n7C6CCC(=O)NC6=O)CC5)C4)CC3)nc(Nc3ccccc3F)c21. The maximum absolute atomic E-state index is 15.4. The number of hydrogen-bond acceptors (Lipinski definition) is 11. The highest BCUT2D eigenvalue weighted by atomic mass is 19.1. The number of pyridine rings is 1. The summed E-state index contributed by atoms with van der Waals surface area (Å²) in [4.78, 5) is 101. The zero-order valence-electron chi connectivity index (χ0n) is 46.0. The highest BCUT2D eigenvalue weighted by molar-refractivity contribution is 6.10. The second-order valence-electron chi connectivity index (χ2n) is 24.1. The number of aryl methyl sites for hydroxylation is 1. The number of rotatable bonds is 11. The van der Waals surface area contributed by atoms with E-state index >= 15 is 9.18 Å². The molecule has 1 spiro atoms. The van der Waals surface area contributed by atoms with Crippen molar-refractivity contribution in [3.05, 3.63) is 94.9 Å². The number of benzene rings is 3. The van der Waals surface area contributed by atoms with Crippen LogP contribution in [0.5, 0.6) is 0 Å². The average Bonchev–Trinajstić information content (AvgIpc) is 4.32. The van der Waals surface area contributed by atoms with Gasteiger partial charge in [0.1, 0.15) is 17.4 Å². The molecule has 1 unspecified atom stereocenters. The van der Waals surface area contributed by atoms with Gasteiger partial charge >= 0.3 is 5.69 Å². The first kappa shape index (κ1) is 52.0. The number of anilines is 4. The largest absolute Gasteiger partial charge is 0.381 e. The molecule has 13 rings (SSSR count). The Balaban J connectivity index is 0.682. The van der Waals surface area contributed by atoms with Crippen molar-refractivity contribution >= 4 is 74.5 Å². The van der Waals surface area contributed by atoms with Crippen LogP contribution in [0.25, 0.3) is 33.3 Å². The summed E-state index contributed by atoms with van der Waals surface area (Å²) in [5, 5.41) is 9.31. The number of carbonyl (C=O) groups excluding carboxylic acids is 5. The maximum atomic E-state index is 15.4. The molecule has 19 heteroatoms. The number of carbonyl (C=O) groups is 5. The summed E-state index contributed by atoms with van der Waals surface area (Å²) in [5.41, 5.74) is 6.23. The first-order valence-electron chi connectivity index (χ1n) is 29.2. The number of fused-ring (bicyclic) bond motifs is 4. The van der Waals surface area contributed by atoms with Gasteiger partial charge < -0.3 is 34.8 Å². The van der Waals surface area contributed by atoms with Crippen LogP contribution >= 0.6 is 0 Å². The van der Waals surface area contributed by atoms with Gasteiger partial charge in [-0.05, 0) is 146 Å². The Hall–Kier alpha value is -7.41. The highest BCUT2D eigenvalue weighted by Gasteiger charge is 2.56. The number of nitrogens with zero attached hydrogens (tertiary/aromatic N) is 9. The molecule has 7 aliphatic rings. The summed E-state index contributed by atoms with van der Waals surface area (Å²) in [6.07, 6.45) is 12.3. The first-order chi connectivity index (χ1) is 38.7. The Morgan fingerprint density at radius 1 is 0.775 bits per heavy atom. The molecule has 0 bridgehead atoms. The molecule has 8 heterocycles. The number of hydrogen-bond donors (Lipinski definition) is 3. The number of nitrogens with one attached hydrogen (secondary N) is 3. The van der Waals surface area contributed by atoms with Gasteiger partial charge in [0.25, 0.3) is 0 Å². The summed E-state index contributed by atoms with van der Waals surface area (Å²) in [6, 6.07) is 20.4. The number of likely N-dealkylation sites (tertiary alicyclic amines) is 3. The fraction of sp³-hybridized carbons (Fsp3) is 0.508. The van der Waals surface area contributed by atoms with Crippen LogP contribution in [0, 0.1) is 17.7 Å². The average molecular weight is 1090 g/mol. The molecule has 2 atom stereocenters. The third-order valence-corrected chi connectivity index (χ3v) is 19.1. The van der Waals surface area contributed by atoms with E-state index in [1.165, 1.54) is 29.9 Å². The molecule has 2 saturated carbocycles. The van der Waals surface area contributed by atoms with E-state index in [0.29, 0.717) is 92.6 Å². The Labute approximate surface area is 464 Å². The summed E-state index contributed by atoms with van der Waals surface area (Å²) in [6.45, 7) is 8.20. The number of para-hydroxylation sites is 2. The smallest absolute Gasteiger partial charge is 0.329 e. The molecule has 5 amide bonds. The van der Waals surface area contributed by atoms with E-state index in [2.05, 4.69) is 57.8 Å². The molecule has 5 aliphatic heterocycles. The summed E-state index contributed by atoms with van der Waals surface area (Å²) < 4.78 is 20.2. The van der Waals surface area contributed by atoms with Crippen molar-refractivity contribution in [2.45, 2.75) is 139 Å². The van der Waals surface area contributed by atoms with Gasteiger partial charge in [0.05, 0.1) is 51.3 Å². The lowest BCUT2D eigenvalue weighted by Crippen LogP contribution is -2.58. The number of imidazole rings is 2. The molecule has 18 nitrogen and oxygen atoms in total. The van der Waals surface area contributed by atoms with Crippen molar-refractivity contribution in [3.8, 4) is 11.3 Å². The fourth-order valence-electron chi connectivity index (χ4n) is 14.6. The third-order valence-electron chi connectivity index (χ3n) is 19.1. The molecule has 80 heavy (non-hydrogen) atoms. The van der Waals surface area contributed by atoms with Crippen LogP contribution in [0.4, 0.5) is 27.3 Å². The van der Waals surface area contributed by atoms with Crippen LogP contribution in [0.15, 0.2) is 77.9 Å². The molecule has 0 radical (unpaired) electrons. The van der Waals surface area contributed by atoms with E-state index in [9.17, 15) is 24.0 Å². The minimum absolute atomic E-state index is 0.0560. The van der Waals surface area contributed by atoms with Crippen LogP contribution in [0.1, 0.15) is 121 Å². The van der Waals surface area contributed by atoms with Gasteiger partial charge in [-0.25, -0.2) is 19.2 Å². The molecule has 418 valence electrons. The van der Waals surface area contributed by atoms with E-state index < -0.39 is 17.4 Å². The van der Waals surface area contributed by atoms with Crippen LogP contribution < -0.4 is 26.5 Å². The number of halogens is 1. The molecule has 3 aromatic heterocycles. The van der Waals surface area contributed by atoms with Crippen LogP contribution in [0.3, 0.4) is 0 Å². The standard InChI is InChI=1S/C61H71FN12O6/c1-36(2)72-35-63-48-33-47(66-55(54(48)72)65-45-11-6-5-10-44(45)62)38-16-19-43-51(30-38)73(42-31-41(32-42)69-25-7-4-8-26-69)59(79)61(43)23-28-70(29-24-61)58(78)39-22-27-71(34-39)57(77)37-14-17-40(18-15-37)64-46-12-9-13-49-53(46)68(3)60(80)74(49)50-20-21-52(75)67-56(50)76/h5-6,9-13,16,19,30,33,35-37,39-42,50,64H,4,7-8,14-15,17-18,20-29,31-32,34H2,1-3H3,(H,65,66)(H,67,75,76)/t37-,39-,40-,41-,42+,50?/m0/s1. The van der Waals surface area contributed by atoms with Crippen molar-refractivity contribution in [1.29, 1.82) is 0 Å². The molecular weight excluding hydrogens is 1020 g/mol. The Kier molecular flexibility index (Phi) is 13.4. The monoisotopic (exact) mass is 1090 g/mol. The van der Waals surface area contributed by atoms with Crippen LogP contribution in [-0.2, 0) is 36.4 Å². The lowest BCUT2D eigenvalue weighted by molar-refractivity contribution is -0.140. The number of amides is 5. The van der Waals surface area contributed by atoms with Gasteiger partial charge in [0.2, 0.25) is 29.5 Å². The fourth-order valence-corrected chi connectivity index (χ4v) is 14.6. The predicted octanol–water partition coefficient (Wildman–Crippen LogP) is 7.94. The number of piperidine rings is 3. The Morgan fingerprint density at radius 2 is 1.52 bits per heavy atom. The van der Waals surface area contributed by atoms with Crippen molar-refractivity contribution in [2.75, 3.05) is 54.8 Å². The molecule has 3 N–H and O–H groups in total. The van der Waals surface area contributed by atoms with Gasteiger partial charge in [0, 0.05) is 81.0 Å². The maximum Gasteiger partial charge on any atom is 0.329 e. The molecule has 6 fully saturated rings. The van der Waals surface area contributed by atoms with Gasteiger partial charge in [-0.1, -0.05) is 36.8 Å². The second-order valence-corrected chi connectivity index (χ2v) is 24.1. The van der Waals surface area contributed by atoms with E-state index in [0.717, 1.165) is 72.3 Å². The van der Waals surface area contributed by atoms with E-state index in [-0.39, 0.29) is 77.9 Å². The molecular formula is C61H71FN12O6. The lowest BCUT2D eigenvalue weighted by Gasteiger charge is -2.48. The van der Waals surface area contributed by atoms with Crippen molar-refractivity contribution in [1.82, 2.24) is 43.7 Å². The minimum Gasteiger partial charge on any atom is -0.381 e. The number of imide groups is 1. The molecule has 2 aliphatic carbocycles. The van der Waals surface area contributed by atoms with Crippen LogP contribution in [-0.4, -0.2) is 125 Å². The van der Waals surface area contributed by atoms with Crippen molar-refractivity contribution in [3.63, 3.8) is 0 Å². The normalized spacial score (nSPS) is 25.2. The predicted molar refractivity (Wildman–Crippen MR) is 303 cm³/mol. The van der Waals surface area contributed by atoms with E-state index in [4.69, 9.17) is 9.97 Å². The van der Waals surface area contributed by atoms with Crippen molar-refractivity contribution in [2.24, 2.45) is 18.9 Å². The molecule has 3 aromatic carbocycles. The lowest BCUT2D eigenvalue weighted by atomic mass is 9.73. The van der Waals surface area contributed by atoms with E-state index in [1.54, 1.807) is 36.1 Å². The van der Waals surface area contributed by atoms with Gasteiger partial charge in [0.15, 0.2) is 5.82 Å².